The fraction of sp³-hybridized carbons (Fsp3) is 0.381. The van der Waals surface area contributed by atoms with Gasteiger partial charge in [0.1, 0.15) is 0 Å². The first-order valence-corrected chi connectivity index (χ1v) is 8.74. The predicted octanol–water partition coefficient (Wildman–Crippen LogP) is 4.20. The van der Waals surface area contributed by atoms with Crippen molar-refractivity contribution in [2.45, 2.75) is 25.8 Å². The van der Waals surface area contributed by atoms with E-state index in [2.05, 4.69) is 12.1 Å². The number of carbonyl (C=O) groups is 1. The van der Waals surface area contributed by atoms with Crippen molar-refractivity contribution in [3.63, 3.8) is 0 Å². The fourth-order valence-corrected chi connectivity index (χ4v) is 3.09. The van der Waals surface area contributed by atoms with Crippen molar-refractivity contribution in [1.82, 2.24) is 4.90 Å². The van der Waals surface area contributed by atoms with Crippen LogP contribution in [-0.2, 0) is 6.54 Å². The van der Waals surface area contributed by atoms with Crippen LogP contribution in [0.5, 0.6) is 0 Å². The minimum atomic E-state index is 0.135. The van der Waals surface area contributed by atoms with Crippen LogP contribution >= 0.6 is 0 Å². The topological polar surface area (TPSA) is 23.6 Å². The lowest BCUT2D eigenvalue weighted by atomic mass is 9.85. The van der Waals surface area contributed by atoms with Crippen LogP contribution in [0.15, 0.2) is 54.6 Å². The maximum atomic E-state index is 13.0. The molecule has 0 radical (unpaired) electrons. The van der Waals surface area contributed by atoms with Gasteiger partial charge in [-0.15, -0.1) is 0 Å². The molecular weight excluding hydrogens is 296 g/mol. The minimum absolute atomic E-state index is 0.135. The average Bonchev–Trinajstić information content (AvgIpc) is 2.57. The zero-order valence-electron chi connectivity index (χ0n) is 14.6. The molecule has 0 saturated heterocycles. The SMILES string of the molecule is CN(C)c1ccc(C(=O)N(Cc2ccccc2)CC2CCC2)cc1. The minimum Gasteiger partial charge on any atom is -0.378 e. The van der Waals surface area contributed by atoms with E-state index in [0.29, 0.717) is 12.5 Å². The number of rotatable bonds is 6. The summed E-state index contributed by atoms with van der Waals surface area (Å²) in [7, 11) is 4.02. The highest BCUT2D eigenvalue weighted by Crippen LogP contribution is 2.28. The summed E-state index contributed by atoms with van der Waals surface area (Å²) in [6, 6.07) is 18.2. The molecule has 0 bridgehead atoms. The molecule has 0 aliphatic heterocycles. The summed E-state index contributed by atoms with van der Waals surface area (Å²) in [5.74, 6) is 0.801. The predicted molar refractivity (Wildman–Crippen MR) is 99.3 cm³/mol. The molecule has 1 saturated carbocycles. The molecule has 0 aromatic heterocycles. The van der Waals surface area contributed by atoms with Crippen LogP contribution in [0, 0.1) is 5.92 Å². The molecule has 1 fully saturated rings. The smallest absolute Gasteiger partial charge is 0.254 e. The van der Waals surface area contributed by atoms with E-state index in [4.69, 9.17) is 0 Å². The highest BCUT2D eigenvalue weighted by molar-refractivity contribution is 5.94. The molecule has 3 heteroatoms. The van der Waals surface area contributed by atoms with Crippen LogP contribution in [0.1, 0.15) is 35.2 Å². The molecule has 3 rings (SSSR count). The van der Waals surface area contributed by atoms with E-state index in [9.17, 15) is 4.79 Å². The Kier molecular flexibility index (Phi) is 5.19. The van der Waals surface area contributed by atoms with Gasteiger partial charge in [-0.3, -0.25) is 4.79 Å². The molecule has 0 unspecified atom stereocenters. The van der Waals surface area contributed by atoms with E-state index in [1.807, 2.05) is 66.4 Å². The standard InChI is InChI=1S/C21H26N2O/c1-22(2)20-13-11-19(12-14-20)21(24)23(16-18-9-6-10-18)15-17-7-4-3-5-8-17/h3-5,7-8,11-14,18H,6,9-10,15-16H2,1-2H3. The first kappa shape index (κ1) is 16.6. The van der Waals surface area contributed by atoms with Crippen molar-refractivity contribution in [3.05, 3.63) is 65.7 Å². The Balaban J connectivity index is 1.76. The Labute approximate surface area is 144 Å². The maximum Gasteiger partial charge on any atom is 0.254 e. The van der Waals surface area contributed by atoms with Gasteiger partial charge >= 0.3 is 0 Å². The fourth-order valence-electron chi connectivity index (χ4n) is 3.09. The summed E-state index contributed by atoms with van der Waals surface area (Å²) in [6.45, 7) is 1.55. The van der Waals surface area contributed by atoms with Crippen molar-refractivity contribution >= 4 is 11.6 Å². The van der Waals surface area contributed by atoms with Crippen LogP contribution in [0.25, 0.3) is 0 Å². The monoisotopic (exact) mass is 322 g/mol. The number of hydrogen-bond donors (Lipinski definition) is 0. The molecular formula is C21H26N2O. The quantitative estimate of drug-likeness (QED) is 0.796. The zero-order chi connectivity index (χ0) is 16.9. The first-order chi connectivity index (χ1) is 11.6. The molecule has 3 nitrogen and oxygen atoms in total. The second kappa shape index (κ2) is 7.52. The molecule has 1 aliphatic rings. The van der Waals surface area contributed by atoms with Crippen LogP contribution in [-0.4, -0.2) is 31.4 Å². The summed E-state index contributed by atoms with van der Waals surface area (Å²) in [4.78, 5) is 17.1. The lowest BCUT2D eigenvalue weighted by Gasteiger charge is -2.32. The van der Waals surface area contributed by atoms with Gasteiger partial charge in [0.05, 0.1) is 0 Å². The van der Waals surface area contributed by atoms with Gasteiger partial charge in [-0.2, -0.15) is 0 Å². The van der Waals surface area contributed by atoms with E-state index >= 15 is 0 Å². The van der Waals surface area contributed by atoms with Gasteiger partial charge in [-0.25, -0.2) is 0 Å². The largest absolute Gasteiger partial charge is 0.378 e. The van der Waals surface area contributed by atoms with Gasteiger partial charge in [0.25, 0.3) is 5.91 Å². The summed E-state index contributed by atoms with van der Waals surface area (Å²) < 4.78 is 0. The molecule has 0 N–H and O–H groups in total. The Bertz CT molecular complexity index is 660. The molecule has 0 heterocycles. The Hall–Kier alpha value is -2.29. The van der Waals surface area contributed by atoms with Gasteiger partial charge in [-0.1, -0.05) is 36.8 Å². The number of amides is 1. The van der Waals surface area contributed by atoms with Crippen LogP contribution in [0.4, 0.5) is 5.69 Å². The van der Waals surface area contributed by atoms with Crippen molar-refractivity contribution < 1.29 is 4.79 Å². The van der Waals surface area contributed by atoms with E-state index in [0.717, 1.165) is 17.8 Å². The second-order valence-corrected chi connectivity index (χ2v) is 6.91. The number of nitrogens with zero attached hydrogens (tertiary/aromatic N) is 2. The van der Waals surface area contributed by atoms with Crippen LogP contribution in [0.2, 0.25) is 0 Å². The highest BCUT2D eigenvalue weighted by Gasteiger charge is 2.24. The normalized spacial score (nSPS) is 14.1. The van der Waals surface area contributed by atoms with E-state index < -0.39 is 0 Å². The third-order valence-corrected chi connectivity index (χ3v) is 4.84. The Morgan fingerprint density at radius 3 is 2.21 bits per heavy atom. The molecule has 0 spiro atoms. The Morgan fingerprint density at radius 2 is 1.67 bits per heavy atom. The van der Waals surface area contributed by atoms with E-state index in [-0.39, 0.29) is 5.91 Å². The lowest BCUT2D eigenvalue weighted by Crippen LogP contribution is -2.37. The zero-order valence-corrected chi connectivity index (χ0v) is 14.6. The first-order valence-electron chi connectivity index (χ1n) is 8.74. The van der Waals surface area contributed by atoms with Crippen molar-refractivity contribution in [2.24, 2.45) is 5.92 Å². The maximum absolute atomic E-state index is 13.0. The third-order valence-electron chi connectivity index (χ3n) is 4.84. The number of hydrogen-bond acceptors (Lipinski definition) is 2. The number of benzene rings is 2. The van der Waals surface area contributed by atoms with Gasteiger partial charge < -0.3 is 9.80 Å². The van der Waals surface area contributed by atoms with Crippen LogP contribution in [0.3, 0.4) is 0 Å². The van der Waals surface area contributed by atoms with Crippen molar-refractivity contribution in [3.8, 4) is 0 Å². The molecule has 126 valence electrons. The lowest BCUT2D eigenvalue weighted by molar-refractivity contribution is 0.0679. The summed E-state index contributed by atoms with van der Waals surface area (Å²) in [5.41, 5.74) is 3.08. The van der Waals surface area contributed by atoms with Crippen molar-refractivity contribution in [2.75, 3.05) is 25.5 Å². The van der Waals surface area contributed by atoms with Gasteiger partial charge in [0.2, 0.25) is 0 Å². The van der Waals surface area contributed by atoms with Gasteiger partial charge in [-0.05, 0) is 48.6 Å². The van der Waals surface area contributed by atoms with Crippen molar-refractivity contribution in [1.29, 1.82) is 0 Å². The average molecular weight is 322 g/mol. The van der Waals surface area contributed by atoms with Gasteiger partial charge in [0, 0.05) is 38.4 Å². The highest BCUT2D eigenvalue weighted by atomic mass is 16.2. The third kappa shape index (κ3) is 3.97. The Morgan fingerprint density at radius 1 is 1.00 bits per heavy atom. The van der Waals surface area contributed by atoms with Gasteiger partial charge in [0.15, 0.2) is 0 Å². The molecule has 24 heavy (non-hydrogen) atoms. The number of carbonyl (C=O) groups excluding carboxylic acids is 1. The van der Waals surface area contributed by atoms with E-state index in [1.54, 1.807) is 0 Å². The summed E-state index contributed by atoms with van der Waals surface area (Å²) in [6.07, 6.45) is 3.80. The molecule has 2 aromatic rings. The van der Waals surface area contributed by atoms with Crippen LogP contribution < -0.4 is 4.90 Å². The van der Waals surface area contributed by atoms with E-state index in [1.165, 1.54) is 24.8 Å². The molecule has 2 aromatic carbocycles. The second-order valence-electron chi connectivity index (χ2n) is 6.91. The summed E-state index contributed by atoms with van der Waals surface area (Å²) >= 11 is 0. The molecule has 1 aliphatic carbocycles. The summed E-state index contributed by atoms with van der Waals surface area (Å²) in [5, 5.41) is 0. The number of anilines is 1. The molecule has 1 amide bonds. The molecule has 0 atom stereocenters.